The summed E-state index contributed by atoms with van der Waals surface area (Å²) in [6.45, 7) is 2.18. The minimum atomic E-state index is -3.39. The number of carbonyl (C=O) groups is 1. The molecule has 0 aliphatic rings. The third-order valence-corrected chi connectivity index (χ3v) is 6.60. The van der Waals surface area contributed by atoms with Crippen molar-refractivity contribution in [2.45, 2.75) is 18.4 Å². The van der Waals surface area contributed by atoms with Crippen LogP contribution < -0.4 is 5.73 Å². The Hall–Kier alpha value is -4.04. The van der Waals surface area contributed by atoms with E-state index >= 15 is 0 Å². The van der Waals surface area contributed by atoms with Crippen LogP contribution in [-0.2, 0) is 16.4 Å². The first-order valence-electron chi connectivity index (χ1n) is 10.6. The van der Waals surface area contributed by atoms with E-state index in [0.29, 0.717) is 40.2 Å². The van der Waals surface area contributed by atoms with E-state index in [0.717, 1.165) is 5.56 Å². The van der Waals surface area contributed by atoms with Crippen LogP contribution in [0.1, 0.15) is 32.9 Å². The maximum Gasteiger partial charge on any atom is 0.211 e. The molecule has 0 spiro atoms. The van der Waals surface area contributed by atoms with Crippen molar-refractivity contribution in [3.63, 3.8) is 0 Å². The molecule has 0 aliphatic heterocycles. The first kappa shape index (κ1) is 23.1. The lowest BCUT2D eigenvalue weighted by Crippen LogP contribution is -2.14. The number of benzene rings is 3. The highest BCUT2D eigenvalue weighted by molar-refractivity contribution is 7.90. The summed E-state index contributed by atoms with van der Waals surface area (Å²) in [6.07, 6.45) is 1.18. The summed E-state index contributed by atoms with van der Waals surface area (Å²) in [5.74, 6) is -0.210. The average molecular weight is 473 g/mol. The van der Waals surface area contributed by atoms with Gasteiger partial charge < -0.3 is 5.73 Å². The molecule has 8 heteroatoms. The van der Waals surface area contributed by atoms with Crippen molar-refractivity contribution >= 4 is 21.5 Å². The SMILES string of the molecule is Cc1cc(C(=O)c2ccc(-c3ccccc3S(C)(=O)=O)cc2)n(Cc2cccc(C(=N)N)c2)n1. The Morgan fingerprint density at radius 3 is 2.35 bits per heavy atom. The van der Waals surface area contributed by atoms with Gasteiger partial charge in [0.05, 0.1) is 17.1 Å². The van der Waals surface area contributed by atoms with Crippen molar-refractivity contribution in [1.82, 2.24) is 9.78 Å². The lowest BCUT2D eigenvalue weighted by Gasteiger charge is -2.10. The minimum Gasteiger partial charge on any atom is -0.384 e. The van der Waals surface area contributed by atoms with Crippen molar-refractivity contribution in [3.05, 3.63) is 107 Å². The maximum atomic E-state index is 13.3. The Labute approximate surface area is 198 Å². The maximum absolute atomic E-state index is 13.3. The first-order chi connectivity index (χ1) is 16.1. The van der Waals surface area contributed by atoms with Crippen LogP contribution >= 0.6 is 0 Å². The number of nitrogens with zero attached hydrogens (tertiary/aromatic N) is 2. The zero-order chi connectivity index (χ0) is 24.5. The Kier molecular flexibility index (Phi) is 6.17. The van der Waals surface area contributed by atoms with Gasteiger partial charge in [0, 0.05) is 22.9 Å². The van der Waals surface area contributed by atoms with Gasteiger partial charge >= 0.3 is 0 Å². The zero-order valence-corrected chi connectivity index (χ0v) is 19.6. The molecular weight excluding hydrogens is 448 g/mol. The summed E-state index contributed by atoms with van der Waals surface area (Å²) >= 11 is 0. The second-order valence-corrected chi connectivity index (χ2v) is 10.1. The molecule has 0 aliphatic carbocycles. The first-order valence-corrected chi connectivity index (χ1v) is 12.4. The predicted octanol–water partition coefficient (Wildman–Crippen LogP) is 3.83. The van der Waals surface area contributed by atoms with Gasteiger partial charge in [-0.2, -0.15) is 5.10 Å². The molecule has 1 aromatic heterocycles. The van der Waals surface area contributed by atoms with Gasteiger partial charge in [-0.15, -0.1) is 0 Å². The Morgan fingerprint density at radius 1 is 0.971 bits per heavy atom. The van der Waals surface area contributed by atoms with E-state index < -0.39 is 9.84 Å². The van der Waals surface area contributed by atoms with E-state index in [1.807, 2.05) is 25.1 Å². The smallest absolute Gasteiger partial charge is 0.211 e. The number of hydrogen-bond donors (Lipinski definition) is 2. The van der Waals surface area contributed by atoms with E-state index in [4.69, 9.17) is 11.1 Å². The number of aromatic nitrogens is 2. The molecule has 34 heavy (non-hydrogen) atoms. The fraction of sp³-hybridized carbons (Fsp3) is 0.115. The van der Waals surface area contributed by atoms with Gasteiger partial charge in [0.1, 0.15) is 11.5 Å². The van der Waals surface area contributed by atoms with E-state index in [1.54, 1.807) is 65.3 Å². The Balaban J connectivity index is 1.64. The molecule has 0 amide bonds. The molecule has 0 bridgehead atoms. The van der Waals surface area contributed by atoms with Crippen molar-refractivity contribution in [1.29, 1.82) is 5.41 Å². The molecule has 0 radical (unpaired) electrons. The van der Waals surface area contributed by atoms with Gasteiger partial charge in [0.2, 0.25) is 5.78 Å². The number of nitrogen functional groups attached to an aromatic ring is 1. The molecule has 1 heterocycles. The molecule has 0 atom stereocenters. The van der Waals surface area contributed by atoms with Crippen LogP contribution in [0.3, 0.4) is 0 Å². The molecule has 172 valence electrons. The molecule has 3 N–H and O–H groups in total. The molecule has 4 rings (SSSR count). The second-order valence-electron chi connectivity index (χ2n) is 8.12. The Bertz CT molecular complexity index is 1500. The third kappa shape index (κ3) is 4.82. The summed E-state index contributed by atoms with van der Waals surface area (Å²) in [5.41, 5.74) is 10.0. The van der Waals surface area contributed by atoms with Crippen molar-refractivity contribution < 1.29 is 13.2 Å². The van der Waals surface area contributed by atoms with Gasteiger partial charge in [0.15, 0.2) is 9.84 Å². The number of sulfone groups is 1. The summed E-state index contributed by atoms with van der Waals surface area (Å²) in [6, 6.07) is 22.7. The quantitative estimate of drug-likeness (QED) is 0.241. The predicted molar refractivity (Wildman–Crippen MR) is 132 cm³/mol. The molecule has 4 aromatic rings. The van der Waals surface area contributed by atoms with Gasteiger partial charge in [-0.1, -0.05) is 60.7 Å². The Morgan fingerprint density at radius 2 is 1.68 bits per heavy atom. The largest absolute Gasteiger partial charge is 0.384 e. The van der Waals surface area contributed by atoms with Crippen LogP contribution in [0, 0.1) is 12.3 Å². The number of nitrogens with one attached hydrogen (secondary N) is 1. The molecule has 3 aromatic carbocycles. The molecule has 7 nitrogen and oxygen atoms in total. The average Bonchev–Trinajstić information content (AvgIpc) is 3.18. The number of carbonyl (C=O) groups excluding carboxylic acids is 1. The fourth-order valence-electron chi connectivity index (χ4n) is 3.84. The minimum absolute atomic E-state index is 0.0210. The fourth-order valence-corrected chi connectivity index (χ4v) is 4.75. The topological polar surface area (TPSA) is 119 Å². The van der Waals surface area contributed by atoms with Gasteiger partial charge in [-0.3, -0.25) is 14.9 Å². The summed E-state index contributed by atoms with van der Waals surface area (Å²) in [5, 5.41) is 12.1. The number of nitrogens with two attached hydrogens (primary N) is 1. The van der Waals surface area contributed by atoms with Crippen molar-refractivity contribution in [2.75, 3.05) is 6.26 Å². The van der Waals surface area contributed by atoms with Crippen LogP contribution in [0.5, 0.6) is 0 Å². The third-order valence-electron chi connectivity index (χ3n) is 5.45. The lowest BCUT2D eigenvalue weighted by molar-refractivity contribution is 0.102. The molecule has 0 saturated carbocycles. The van der Waals surface area contributed by atoms with Gasteiger partial charge in [0.25, 0.3) is 0 Å². The molecular formula is C26H24N4O3S. The number of aryl methyl sites for hydroxylation is 1. The summed E-state index contributed by atoms with van der Waals surface area (Å²) in [7, 11) is -3.39. The number of hydrogen-bond acceptors (Lipinski definition) is 5. The lowest BCUT2D eigenvalue weighted by atomic mass is 10.0. The van der Waals surface area contributed by atoms with Crippen molar-refractivity contribution in [2.24, 2.45) is 5.73 Å². The standard InChI is InChI=1S/C26H24N4O3S/c1-17-14-23(30(29-17)16-18-6-5-7-21(15-18)26(27)28)25(31)20-12-10-19(11-13-20)22-8-3-4-9-24(22)34(2,32)33/h3-15H,16H2,1-2H3,(H3,27,28). The molecule has 0 fully saturated rings. The van der Waals surface area contributed by atoms with E-state index in [2.05, 4.69) is 5.10 Å². The van der Waals surface area contributed by atoms with Crippen LogP contribution in [-0.4, -0.2) is 36.1 Å². The molecule has 0 saturated heterocycles. The van der Waals surface area contributed by atoms with E-state index in [9.17, 15) is 13.2 Å². The molecule has 0 unspecified atom stereocenters. The van der Waals surface area contributed by atoms with Crippen molar-refractivity contribution in [3.8, 4) is 11.1 Å². The zero-order valence-electron chi connectivity index (χ0n) is 18.8. The van der Waals surface area contributed by atoms with E-state index in [1.165, 1.54) is 6.26 Å². The van der Waals surface area contributed by atoms with Crippen LogP contribution in [0.25, 0.3) is 11.1 Å². The van der Waals surface area contributed by atoms with Gasteiger partial charge in [-0.05, 0) is 36.2 Å². The number of ketones is 1. The van der Waals surface area contributed by atoms with Crippen LogP contribution in [0.15, 0.2) is 83.8 Å². The van der Waals surface area contributed by atoms with E-state index in [-0.39, 0.29) is 16.5 Å². The normalized spacial score (nSPS) is 11.4. The highest BCUT2D eigenvalue weighted by atomic mass is 32.2. The monoisotopic (exact) mass is 472 g/mol. The highest BCUT2D eigenvalue weighted by Crippen LogP contribution is 2.28. The van der Waals surface area contributed by atoms with Gasteiger partial charge in [-0.25, -0.2) is 8.42 Å². The summed E-state index contributed by atoms with van der Waals surface area (Å²) in [4.78, 5) is 13.6. The van der Waals surface area contributed by atoms with Crippen LogP contribution in [0.4, 0.5) is 0 Å². The summed E-state index contributed by atoms with van der Waals surface area (Å²) < 4.78 is 25.9. The van der Waals surface area contributed by atoms with Crippen LogP contribution in [0.2, 0.25) is 0 Å². The second kappa shape index (κ2) is 9.07. The number of amidine groups is 1. The highest BCUT2D eigenvalue weighted by Gasteiger charge is 2.18. The number of rotatable bonds is 7.